The minimum absolute atomic E-state index is 0.788. The van der Waals surface area contributed by atoms with Crippen molar-refractivity contribution in [2.45, 2.75) is 24.2 Å². The molecule has 31 heavy (non-hydrogen) atoms. The van der Waals surface area contributed by atoms with Gasteiger partial charge < -0.3 is 5.32 Å². The van der Waals surface area contributed by atoms with E-state index in [0.717, 1.165) is 58.2 Å². The molecule has 5 rings (SSSR count). The van der Waals surface area contributed by atoms with E-state index in [9.17, 15) is 4.21 Å². The molecule has 2 aromatic carbocycles. The lowest BCUT2D eigenvalue weighted by atomic mass is 9.90. The highest BCUT2D eigenvalue weighted by Crippen LogP contribution is 2.27. The number of rotatable bonds is 5. The van der Waals surface area contributed by atoms with Crippen molar-refractivity contribution < 1.29 is 4.21 Å². The van der Waals surface area contributed by atoms with Crippen molar-refractivity contribution in [2.24, 2.45) is 5.92 Å². The van der Waals surface area contributed by atoms with Gasteiger partial charge in [-0.25, -0.2) is 9.50 Å². The van der Waals surface area contributed by atoms with Crippen molar-refractivity contribution in [2.75, 3.05) is 19.3 Å². The van der Waals surface area contributed by atoms with Crippen LogP contribution in [-0.2, 0) is 17.2 Å². The zero-order chi connectivity index (χ0) is 21.2. The average molecular weight is 431 g/mol. The summed E-state index contributed by atoms with van der Waals surface area (Å²) in [5.41, 5.74) is 6.30. The van der Waals surface area contributed by atoms with E-state index < -0.39 is 10.8 Å². The Labute approximate surface area is 185 Å². The second-order valence-electron chi connectivity index (χ2n) is 8.25. The van der Waals surface area contributed by atoms with Crippen LogP contribution >= 0.6 is 0 Å². The van der Waals surface area contributed by atoms with E-state index in [-0.39, 0.29) is 0 Å². The summed E-state index contributed by atoms with van der Waals surface area (Å²) >= 11 is 0. The Morgan fingerprint density at radius 1 is 1.03 bits per heavy atom. The second kappa shape index (κ2) is 8.73. The molecule has 6 heteroatoms. The monoisotopic (exact) mass is 430 g/mol. The molecule has 0 bridgehead atoms. The molecule has 1 unspecified atom stereocenters. The van der Waals surface area contributed by atoms with Crippen LogP contribution in [0.15, 0.2) is 72.0 Å². The first-order valence-corrected chi connectivity index (χ1v) is 12.3. The van der Waals surface area contributed by atoms with E-state index in [4.69, 9.17) is 4.98 Å². The summed E-state index contributed by atoms with van der Waals surface area (Å²) < 4.78 is 13.7. The Hall–Kier alpha value is -2.83. The molecule has 0 radical (unpaired) electrons. The van der Waals surface area contributed by atoms with Gasteiger partial charge in [-0.05, 0) is 67.1 Å². The van der Waals surface area contributed by atoms with Gasteiger partial charge in [0.15, 0.2) is 5.65 Å². The molecule has 3 heterocycles. The fourth-order valence-corrected chi connectivity index (χ4v) is 4.89. The van der Waals surface area contributed by atoms with Gasteiger partial charge in [0.05, 0.1) is 6.20 Å². The predicted octanol–water partition coefficient (Wildman–Crippen LogP) is 4.34. The highest BCUT2D eigenvalue weighted by Gasteiger charge is 2.14. The Morgan fingerprint density at radius 2 is 1.84 bits per heavy atom. The lowest BCUT2D eigenvalue weighted by Crippen LogP contribution is -2.28. The van der Waals surface area contributed by atoms with Crippen LogP contribution in [0, 0.1) is 5.92 Å². The van der Waals surface area contributed by atoms with Gasteiger partial charge in [0.25, 0.3) is 0 Å². The van der Waals surface area contributed by atoms with Crippen LogP contribution in [0.1, 0.15) is 18.4 Å². The molecule has 2 aromatic heterocycles. The summed E-state index contributed by atoms with van der Waals surface area (Å²) in [4.78, 5) is 5.51. The maximum absolute atomic E-state index is 11.8. The summed E-state index contributed by atoms with van der Waals surface area (Å²) in [6.45, 7) is 2.28. The molecule has 158 valence electrons. The Morgan fingerprint density at radius 3 is 2.61 bits per heavy atom. The van der Waals surface area contributed by atoms with Crippen LogP contribution < -0.4 is 5.32 Å². The molecule has 0 spiro atoms. The normalized spacial score (nSPS) is 15.9. The molecule has 0 amide bonds. The molecule has 1 saturated heterocycles. The number of piperidine rings is 1. The molecule has 1 aliphatic rings. The molecule has 4 aromatic rings. The van der Waals surface area contributed by atoms with Crippen molar-refractivity contribution in [3.05, 3.63) is 72.7 Å². The highest BCUT2D eigenvalue weighted by atomic mass is 32.2. The number of nitrogens with zero attached hydrogens (tertiary/aromatic N) is 3. The molecular formula is C25H26N4OS. The number of nitrogens with one attached hydrogen (secondary N) is 1. The van der Waals surface area contributed by atoms with Crippen LogP contribution in [0.25, 0.3) is 27.9 Å². The van der Waals surface area contributed by atoms with Gasteiger partial charge in [0.1, 0.15) is 0 Å². The SMILES string of the molecule is CS(=O)c1cccc(-c2cnn3cc(-c4ccc(CC5CCNCC5)cc4)cnc23)c1. The molecule has 5 nitrogen and oxygen atoms in total. The third-order valence-corrected chi connectivity index (χ3v) is 7.02. The van der Waals surface area contributed by atoms with Crippen LogP contribution in [0.2, 0.25) is 0 Å². The van der Waals surface area contributed by atoms with Crippen LogP contribution in [-0.4, -0.2) is 38.2 Å². The minimum Gasteiger partial charge on any atom is -0.317 e. The standard InChI is InChI=1S/C25H26N4OS/c1-31(30)23-4-2-3-21(14-23)24-16-28-29-17-22(15-27-25(24)29)20-7-5-18(6-8-20)13-19-9-11-26-12-10-19/h2-8,14-17,19,26H,9-13H2,1H3. The summed E-state index contributed by atoms with van der Waals surface area (Å²) in [6.07, 6.45) is 11.1. The predicted molar refractivity (Wildman–Crippen MR) is 125 cm³/mol. The summed E-state index contributed by atoms with van der Waals surface area (Å²) in [7, 11) is -1.02. The number of aromatic nitrogens is 3. The van der Waals surface area contributed by atoms with Crippen LogP contribution in [0.3, 0.4) is 0 Å². The molecule has 1 aliphatic heterocycles. The molecule has 0 aliphatic carbocycles. The number of hydrogen-bond acceptors (Lipinski definition) is 4. The maximum atomic E-state index is 11.8. The van der Waals surface area contributed by atoms with Crippen molar-refractivity contribution in [1.82, 2.24) is 19.9 Å². The molecule has 1 N–H and O–H groups in total. The van der Waals surface area contributed by atoms with Crippen LogP contribution in [0.5, 0.6) is 0 Å². The van der Waals surface area contributed by atoms with Gasteiger partial charge in [-0.1, -0.05) is 36.4 Å². The zero-order valence-electron chi connectivity index (χ0n) is 17.6. The van der Waals surface area contributed by atoms with Crippen molar-refractivity contribution >= 4 is 16.4 Å². The number of hydrogen-bond donors (Lipinski definition) is 1. The Bertz CT molecular complexity index is 1230. The summed E-state index contributed by atoms with van der Waals surface area (Å²) in [6, 6.07) is 16.6. The van der Waals surface area contributed by atoms with E-state index in [0.29, 0.717) is 0 Å². The van der Waals surface area contributed by atoms with Crippen molar-refractivity contribution in [3.63, 3.8) is 0 Å². The van der Waals surface area contributed by atoms with E-state index in [1.807, 2.05) is 47.4 Å². The topological polar surface area (TPSA) is 59.3 Å². The van der Waals surface area contributed by atoms with Gasteiger partial charge in [0.2, 0.25) is 0 Å². The van der Waals surface area contributed by atoms with Gasteiger partial charge in [0, 0.05) is 45.5 Å². The fourth-order valence-electron chi connectivity index (χ4n) is 4.32. The molecular weight excluding hydrogens is 404 g/mol. The third-order valence-electron chi connectivity index (χ3n) is 6.10. The first kappa shape index (κ1) is 20.1. The summed E-state index contributed by atoms with van der Waals surface area (Å²) in [5.74, 6) is 0.788. The minimum atomic E-state index is -1.02. The fraction of sp³-hybridized carbons (Fsp3) is 0.280. The van der Waals surface area contributed by atoms with Gasteiger partial charge >= 0.3 is 0 Å². The second-order valence-corrected chi connectivity index (χ2v) is 9.63. The third kappa shape index (κ3) is 4.31. The lowest BCUT2D eigenvalue weighted by Gasteiger charge is -2.22. The molecule has 1 fully saturated rings. The zero-order valence-corrected chi connectivity index (χ0v) is 18.4. The Balaban J connectivity index is 1.39. The first-order valence-electron chi connectivity index (χ1n) is 10.7. The van der Waals surface area contributed by atoms with E-state index >= 15 is 0 Å². The van der Waals surface area contributed by atoms with E-state index in [1.54, 1.807) is 6.26 Å². The maximum Gasteiger partial charge on any atom is 0.162 e. The average Bonchev–Trinajstić information content (AvgIpc) is 3.24. The highest BCUT2D eigenvalue weighted by molar-refractivity contribution is 7.84. The first-order chi connectivity index (χ1) is 15.2. The quantitative estimate of drug-likeness (QED) is 0.512. The largest absolute Gasteiger partial charge is 0.317 e. The van der Waals surface area contributed by atoms with Gasteiger partial charge in [-0.3, -0.25) is 4.21 Å². The van der Waals surface area contributed by atoms with Crippen molar-refractivity contribution in [3.8, 4) is 22.3 Å². The smallest absolute Gasteiger partial charge is 0.162 e. The van der Waals surface area contributed by atoms with Crippen LogP contribution in [0.4, 0.5) is 0 Å². The van der Waals surface area contributed by atoms with E-state index in [1.165, 1.54) is 18.4 Å². The van der Waals surface area contributed by atoms with Gasteiger partial charge in [-0.2, -0.15) is 5.10 Å². The van der Waals surface area contributed by atoms with E-state index in [2.05, 4.69) is 34.7 Å². The number of benzene rings is 2. The van der Waals surface area contributed by atoms with Gasteiger partial charge in [-0.15, -0.1) is 0 Å². The Kier molecular flexibility index (Phi) is 5.66. The lowest BCUT2D eigenvalue weighted by molar-refractivity contribution is 0.372. The number of fused-ring (bicyclic) bond motifs is 1. The summed E-state index contributed by atoms with van der Waals surface area (Å²) in [5, 5.41) is 7.96. The molecule has 0 saturated carbocycles. The molecule has 1 atom stereocenters. The van der Waals surface area contributed by atoms with Crippen molar-refractivity contribution in [1.29, 1.82) is 0 Å².